The van der Waals surface area contributed by atoms with E-state index in [1.54, 1.807) is 0 Å². The predicted octanol–water partition coefficient (Wildman–Crippen LogP) is 2.24. The first-order chi connectivity index (χ1) is 6.43. The van der Waals surface area contributed by atoms with Crippen molar-refractivity contribution in [3.05, 3.63) is 25.4 Å². The van der Waals surface area contributed by atoms with E-state index in [1.165, 1.54) is 22.6 Å². The van der Waals surface area contributed by atoms with Gasteiger partial charge in [-0.25, -0.2) is 8.78 Å². The van der Waals surface area contributed by atoms with Gasteiger partial charge in [0, 0.05) is 28.7 Å². The van der Waals surface area contributed by atoms with E-state index in [9.17, 15) is 18.9 Å². The van der Waals surface area contributed by atoms with Crippen molar-refractivity contribution in [2.24, 2.45) is 0 Å². The molecule has 0 amide bonds. The van der Waals surface area contributed by atoms with E-state index < -0.39 is 28.5 Å². The molecule has 0 aromatic carbocycles. The van der Waals surface area contributed by atoms with Gasteiger partial charge in [-0.05, 0) is 9.91 Å². The van der Waals surface area contributed by atoms with Crippen LogP contribution in [-0.4, -0.2) is 15.0 Å². The summed E-state index contributed by atoms with van der Waals surface area (Å²) in [6, 6.07) is 0.558. The molecule has 76 valence electrons. The molecule has 0 saturated heterocycles. The molecule has 14 heavy (non-hydrogen) atoms. The normalized spacial score (nSPS) is 10.6. The van der Waals surface area contributed by atoms with Gasteiger partial charge in [-0.2, -0.15) is 0 Å². The topological polar surface area (TPSA) is 76.3 Å². The molecule has 0 aliphatic heterocycles. The third-order valence-corrected chi connectivity index (χ3v) is 2.14. The SMILES string of the molecule is O=[N+]([O-])c1cc(C(F)F)c(O)c(I)n1. The van der Waals surface area contributed by atoms with Gasteiger partial charge < -0.3 is 15.2 Å². The number of pyridine rings is 1. The Morgan fingerprint density at radius 3 is 2.64 bits per heavy atom. The van der Waals surface area contributed by atoms with Crippen LogP contribution in [-0.2, 0) is 0 Å². The molecule has 8 heteroatoms. The van der Waals surface area contributed by atoms with Gasteiger partial charge in [0.2, 0.25) is 0 Å². The van der Waals surface area contributed by atoms with Crippen LogP contribution in [0.4, 0.5) is 14.6 Å². The fourth-order valence-electron chi connectivity index (χ4n) is 0.772. The lowest BCUT2D eigenvalue weighted by atomic mass is 10.2. The van der Waals surface area contributed by atoms with Crippen molar-refractivity contribution in [1.29, 1.82) is 0 Å². The van der Waals surface area contributed by atoms with Crippen LogP contribution in [0.1, 0.15) is 12.0 Å². The number of aromatic nitrogens is 1. The third-order valence-electron chi connectivity index (χ3n) is 1.39. The minimum Gasteiger partial charge on any atom is -0.503 e. The summed E-state index contributed by atoms with van der Waals surface area (Å²) in [5, 5.41) is 19.4. The Balaban J connectivity index is 3.35. The van der Waals surface area contributed by atoms with Crippen molar-refractivity contribution in [1.82, 2.24) is 4.98 Å². The predicted molar refractivity (Wildman–Crippen MR) is 50.2 cm³/mol. The zero-order chi connectivity index (χ0) is 10.9. The van der Waals surface area contributed by atoms with E-state index in [1.807, 2.05) is 0 Å². The van der Waals surface area contributed by atoms with Crippen LogP contribution in [0.5, 0.6) is 5.75 Å². The largest absolute Gasteiger partial charge is 0.503 e. The number of halogens is 3. The Labute approximate surface area is 90.1 Å². The van der Waals surface area contributed by atoms with Crippen LogP contribution in [0.2, 0.25) is 0 Å². The Kier molecular flexibility index (Phi) is 3.13. The molecule has 1 N–H and O–H groups in total. The summed E-state index contributed by atoms with van der Waals surface area (Å²) in [5.74, 6) is -1.42. The number of rotatable bonds is 2. The zero-order valence-electron chi connectivity index (χ0n) is 6.45. The van der Waals surface area contributed by atoms with E-state index in [-0.39, 0.29) is 3.70 Å². The van der Waals surface area contributed by atoms with E-state index >= 15 is 0 Å². The highest BCUT2D eigenvalue weighted by atomic mass is 127. The average Bonchev–Trinajstić information content (AvgIpc) is 2.08. The standard InChI is InChI=1S/C6H3F2IN2O3/c7-5(8)2-1-3(11(13)14)10-6(9)4(2)12/h1,5,12H. The Bertz CT molecular complexity index is 386. The Hall–Kier alpha value is -1.06. The summed E-state index contributed by atoms with van der Waals surface area (Å²) in [4.78, 5) is 12.7. The molecule has 0 bridgehead atoms. The maximum Gasteiger partial charge on any atom is 0.365 e. The van der Waals surface area contributed by atoms with Gasteiger partial charge in [0.25, 0.3) is 10.1 Å². The Morgan fingerprint density at radius 2 is 2.21 bits per heavy atom. The first-order valence-electron chi connectivity index (χ1n) is 3.25. The molecule has 0 spiro atoms. The number of nitrogens with zero attached hydrogens (tertiary/aromatic N) is 2. The van der Waals surface area contributed by atoms with Crippen LogP contribution >= 0.6 is 22.6 Å². The molecule has 1 aromatic heterocycles. The summed E-state index contributed by atoms with van der Waals surface area (Å²) < 4.78 is 24.3. The number of hydrogen-bond donors (Lipinski definition) is 1. The Morgan fingerprint density at radius 1 is 1.64 bits per heavy atom. The second kappa shape index (κ2) is 3.98. The molecule has 0 aliphatic carbocycles. The second-order valence-corrected chi connectivity index (χ2v) is 3.29. The van der Waals surface area contributed by atoms with E-state index in [0.29, 0.717) is 6.07 Å². The molecule has 1 heterocycles. The molecule has 1 rings (SSSR count). The van der Waals surface area contributed by atoms with Crippen molar-refractivity contribution in [2.75, 3.05) is 0 Å². The lowest BCUT2D eigenvalue weighted by Crippen LogP contribution is -1.98. The van der Waals surface area contributed by atoms with Crippen molar-refractivity contribution < 1.29 is 18.8 Å². The quantitative estimate of drug-likeness (QED) is 0.393. The fraction of sp³-hybridized carbons (Fsp3) is 0.167. The van der Waals surface area contributed by atoms with Gasteiger partial charge in [0.05, 0.1) is 5.56 Å². The molecule has 0 radical (unpaired) electrons. The first-order valence-corrected chi connectivity index (χ1v) is 4.33. The zero-order valence-corrected chi connectivity index (χ0v) is 8.60. The second-order valence-electron chi connectivity index (χ2n) is 2.27. The van der Waals surface area contributed by atoms with Crippen LogP contribution in [0.25, 0.3) is 0 Å². The smallest absolute Gasteiger partial charge is 0.365 e. The van der Waals surface area contributed by atoms with Crippen LogP contribution in [0.15, 0.2) is 6.07 Å². The minimum absolute atomic E-state index is 0.216. The number of hydrogen-bond acceptors (Lipinski definition) is 4. The van der Waals surface area contributed by atoms with Crippen LogP contribution in [0, 0.1) is 13.8 Å². The highest BCUT2D eigenvalue weighted by Gasteiger charge is 2.23. The molecule has 0 atom stereocenters. The molecule has 1 aromatic rings. The summed E-state index contributed by atoms with van der Waals surface area (Å²) in [6.07, 6.45) is -2.97. The minimum atomic E-state index is -2.97. The highest BCUT2D eigenvalue weighted by molar-refractivity contribution is 14.1. The maximum absolute atomic E-state index is 12.2. The maximum atomic E-state index is 12.2. The number of aromatic hydroxyl groups is 1. The molecular weight excluding hydrogens is 313 g/mol. The van der Waals surface area contributed by atoms with Gasteiger partial charge in [-0.3, -0.25) is 0 Å². The average molecular weight is 316 g/mol. The lowest BCUT2D eigenvalue weighted by molar-refractivity contribution is -0.389. The molecule has 0 fully saturated rings. The molecule has 5 nitrogen and oxygen atoms in total. The number of alkyl halides is 2. The first kappa shape index (κ1) is 11.0. The summed E-state index contributed by atoms with van der Waals surface area (Å²) in [5.41, 5.74) is -0.781. The van der Waals surface area contributed by atoms with Gasteiger partial charge >= 0.3 is 5.82 Å². The summed E-state index contributed by atoms with van der Waals surface area (Å²) in [6.45, 7) is 0. The molecule has 0 saturated carbocycles. The van der Waals surface area contributed by atoms with Gasteiger partial charge in [-0.15, -0.1) is 0 Å². The van der Waals surface area contributed by atoms with Crippen molar-refractivity contribution in [2.45, 2.75) is 6.43 Å². The fourth-order valence-corrected chi connectivity index (χ4v) is 1.33. The molecular formula is C6H3F2IN2O3. The monoisotopic (exact) mass is 316 g/mol. The van der Waals surface area contributed by atoms with Gasteiger partial charge in [0.1, 0.15) is 0 Å². The number of nitro groups is 1. The summed E-state index contributed by atoms with van der Waals surface area (Å²) in [7, 11) is 0. The summed E-state index contributed by atoms with van der Waals surface area (Å²) >= 11 is 1.44. The third kappa shape index (κ3) is 2.05. The van der Waals surface area contributed by atoms with Crippen molar-refractivity contribution in [3.8, 4) is 5.75 Å². The van der Waals surface area contributed by atoms with Crippen molar-refractivity contribution >= 4 is 28.4 Å². The molecule has 0 aliphatic rings. The van der Waals surface area contributed by atoms with E-state index in [4.69, 9.17) is 5.11 Å². The van der Waals surface area contributed by atoms with E-state index in [2.05, 4.69) is 4.98 Å². The van der Waals surface area contributed by atoms with E-state index in [0.717, 1.165) is 0 Å². The van der Waals surface area contributed by atoms with Crippen LogP contribution < -0.4 is 0 Å². The van der Waals surface area contributed by atoms with Gasteiger partial charge in [0.15, 0.2) is 5.75 Å². The molecule has 0 unspecified atom stereocenters. The highest BCUT2D eigenvalue weighted by Crippen LogP contribution is 2.33. The van der Waals surface area contributed by atoms with Gasteiger partial charge in [-0.1, -0.05) is 0 Å². The van der Waals surface area contributed by atoms with Crippen molar-refractivity contribution in [3.63, 3.8) is 0 Å². The van der Waals surface area contributed by atoms with Crippen LogP contribution in [0.3, 0.4) is 0 Å². The lowest BCUT2D eigenvalue weighted by Gasteiger charge is -2.02.